The molecule has 1 aromatic heterocycles. The zero-order chi connectivity index (χ0) is 22.2. The van der Waals surface area contributed by atoms with Gasteiger partial charge in [0.15, 0.2) is 11.5 Å². The average molecular weight is 437 g/mol. The van der Waals surface area contributed by atoms with Gasteiger partial charge in [0, 0.05) is 5.02 Å². The number of methoxy groups -OCH3 is 1. The summed E-state index contributed by atoms with van der Waals surface area (Å²) >= 11 is 5.83. The summed E-state index contributed by atoms with van der Waals surface area (Å²) in [6.07, 6.45) is 2.90. The van der Waals surface area contributed by atoms with Gasteiger partial charge in [-0.25, -0.2) is 4.79 Å². The van der Waals surface area contributed by atoms with Crippen molar-refractivity contribution in [3.8, 4) is 17.6 Å². The van der Waals surface area contributed by atoms with Crippen molar-refractivity contribution < 1.29 is 23.5 Å². The number of rotatable bonds is 7. The number of amides is 1. The Morgan fingerprint density at radius 3 is 2.58 bits per heavy atom. The third-order valence-electron chi connectivity index (χ3n) is 4.15. The van der Waals surface area contributed by atoms with Crippen LogP contribution in [0.2, 0.25) is 5.02 Å². The Hall–Kier alpha value is -4.02. The highest BCUT2D eigenvalue weighted by Gasteiger charge is 2.14. The molecule has 3 rings (SSSR count). The molecule has 0 bridgehead atoms. The van der Waals surface area contributed by atoms with Crippen molar-refractivity contribution in [2.24, 2.45) is 0 Å². The molecule has 7 nitrogen and oxygen atoms in total. The van der Waals surface area contributed by atoms with E-state index in [1.54, 1.807) is 48.5 Å². The molecule has 0 aliphatic heterocycles. The van der Waals surface area contributed by atoms with E-state index < -0.39 is 11.9 Å². The van der Waals surface area contributed by atoms with Crippen LogP contribution in [0.1, 0.15) is 21.7 Å². The standard InChI is InChI=1S/C23H17ClN2O5/c1-29-21-12-15(11-17(13-25)22(27)26-14-19-3-2-10-30-19)4-9-20(21)31-23(28)16-5-7-18(24)8-6-16/h2-12H,14H2,1H3,(H,26,27)/b17-11+. The van der Waals surface area contributed by atoms with Crippen molar-refractivity contribution in [2.75, 3.05) is 7.11 Å². The summed E-state index contributed by atoms with van der Waals surface area (Å²) in [6.45, 7) is 0.160. The first kappa shape index (κ1) is 21.7. The maximum absolute atomic E-state index is 12.3. The molecule has 0 aliphatic rings. The van der Waals surface area contributed by atoms with E-state index in [-0.39, 0.29) is 23.6 Å². The molecule has 1 amide bonds. The predicted molar refractivity (Wildman–Crippen MR) is 114 cm³/mol. The maximum Gasteiger partial charge on any atom is 0.343 e. The predicted octanol–water partition coefficient (Wildman–Crippen LogP) is 4.38. The fraction of sp³-hybridized carbons (Fsp3) is 0.0870. The molecule has 2 aromatic carbocycles. The minimum absolute atomic E-state index is 0.0977. The molecule has 0 radical (unpaired) electrons. The van der Waals surface area contributed by atoms with E-state index in [0.717, 1.165) is 0 Å². The number of esters is 1. The second-order valence-electron chi connectivity index (χ2n) is 6.24. The van der Waals surface area contributed by atoms with Gasteiger partial charge in [0.1, 0.15) is 17.4 Å². The number of hydrogen-bond donors (Lipinski definition) is 1. The summed E-state index contributed by atoms with van der Waals surface area (Å²) in [5.74, 6) is -0.0896. The number of hydrogen-bond acceptors (Lipinski definition) is 6. The fourth-order valence-electron chi connectivity index (χ4n) is 2.59. The molecule has 156 valence electrons. The van der Waals surface area contributed by atoms with Crippen molar-refractivity contribution in [2.45, 2.75) is 6.54 Å². The van der Waals surface area contributed by atoms with E-state index in [2.05, 4.69) is 5.32 Å². The summed E-state index contributed by atoms with van der Waals surface area (Å²) < 4.78 is 15.8. The second kappa shape index (κ2) is 10.1. The van der Waals surface area contributed by atoms with Crippen molar-refractivity contribution >= 4 is 29.6 Å². The van der Waals surface area contributed by atoms with Crippen LogP contribution in [0, 0.1) is 11.3 Å². The minimum Gasteiger partial charge on any atom is -0.493 e. The van der Waals surface area contributed by atoms with Crippen LogP contribution in [0.4, 0.5) is 0 Å². The van der Waals surface area contributed by atoms with Gasteiger partial charge in [-0.1, -0.05) is 17.7 Å². The van der Waals surface area contributed by atoms with Gasteiger partial charge in [-0.15, -0.1) is 0 Å². The van der Waals surface area contributed by atoms with Crippen LogP contribution < -0.4 is 14.8 Å². The Bertz CT molecular complexity index is 1150. The second-order valence-corrected chi connectivity index (χ2v) is 6.68. The molecular weight excluding hydrogens is 420 g/mol. The van der Waals surface area contributed by atoms with Crippen LogP contribution in [0.15, 0.2) is 70.9 Å². The monoisotopic (exact) mass is 436 g/mol. The largest absolute Gasteiger partial charge is 0.493 e. The summed E-state index contributed by atoms with van der Waals surface area (Å²) in [6, 6.07) is 16.2. The summed E-state index contributed by atoms with van der Waals surface area (Å²) in [5.41, 5.74) is 0.753. The van der Waals surface area contributed by atoms with E-state index >= 15 is 0 Å². The van der Waals surface area contributed by atoms with Crippen LogP contribution >= 0.6 is 11.6 Å². The fourth-order valence-corrected chi connectivity index (χ4v) is 2.72. The van der Waals surface area contributed by atoms with Crippen molar-refractivity contribution in [1.82, 2.24) is 5.32 Å². The van der Waals surface area contributed by atoms with E-state index in [0.29, 0.717) is 21.9 Å². The van der Waals surface area contributed by atoms with Gasteiger partial charge in [-0.3, -0.25) is 4.79 Å². The molecule has 0 spiro atoms. The molecule has 1 N–H and O–H groups in total. The number of carbonyl (C=O) groups is 2. The Morgan fingerprint density at radius 1 is 1.16 bits per heavy atom. The molecule has 0 saturated carbocycles. The van der Waals surface area contributed by atoms with Crippen LogP contribution in [-0.4, -0.2) is 19.0 Å². The Morgan fingerprint density at radius 2 is 1.94 bits per heavy atom. The number of nitrogens with zero attached hydrogens (tertiary/aromatic N) is 1. The van der Waals surface area contributed by atoms with E-state index in [1.807, 2.05) is 6.07 Å². The lowest BCUT2D eigenvalue weighted by Crippen LogP contribution is -2.23. The van der Waals surface area contributed by atoms with Gasteiger partial charge in [-0.05, 0) is 60.2 Å². The Labute approximate surface area is 183 Å². The van der Waals surface area contributed by atoms with E-state index in [9.17, 15) is 14.9 Å². The molecule has 0 fully saturated rings. The number of benzene rings is 2. The van der Waals surface area contributed by atoms with Crippen LogP contribution in [0.25, 0.3) is 6.08 Å². The molecule has 3 aromatic rings. The highest BCUT2D eigenvalue weighted by molar-refractivity contribution is 6.30. The zero-order valence-corrected chi connectivity index (χ0v) is 17.2. The third-order valence-corrected chi connectivity index (χ3v) is 4.40. The van der Waals surface area contributed by atoms with Crippen molar-refractivity contribution in [1.29, 1.82) is 5.26 Å². The number of halogens is 1. The van der Waals surface area contributed by atoms with Crippen molar-refractivity contribution in [3.05, 3.63) is 88.3 Å². The number of furan rings is 1. The number of carbonyl (C=O) groups excluding carboxylic acids is 2. The molecule has 1 heterocycles. The number of ether oxygens (including phenoxy) is 2. The van der Waals surface area contributed by atoms with E-state index in [4.69, 9.17) is 25.5 Å². The minimum atomic E-state index is -0.576. The lowest BCUT2D eigenvalue weighted by atomic mass is 10.1. The molecule has 8 heteroatoms. The third kappa shape index (κ3) is 5.75. The highest BCUT2D eigenvalue weighted by Crippen LogP contribution is 2.30. The first-order valence-corrected chi connectivity index (χ1v) is 9.46. The maximum atomic E-state index is 12.3. The van der Waals surface area contributed by atoms with Crippen LogP contribution in [0.3, 0.4) is 0 Å². The van der Waals surface area contributed by atoms with Crippen molar-refractivity contribution in [3.63, 3.8) is 0 Å². The normalized spacial score (nSPS) is 10.8. The molecule has 0 saturated heterocycles. The number of nitrogens with one attached hydrogen (secondary N) is 1. The smallest absolute Gasteiger partial charge is 0.343 e. The summed E-state index contributed by atoms with van der Waals surface area (Å²) in [5, 5.41) is 12.5. The van der Waals surface area contributed by atoms with Gasteiger partial charge in [0.25, 0.3) is 5.91 Å². The lowest BCUT2D eigenvalue weighted by Gasteiger charge is -2.10. The average Bonchev–Trinajstić information content (AvgIpc) is 3.30. The Kier molecular flexibility index (Phi) is 7.09. The SMILES string of the molecule is COc1cc(/C=C(\C#N)C(=O)NCc2ccco2)ccc1OC(=O)c1ccc(Cl)cc1. The molecule has 31 heavy (non-hydrogen) atoms. The topological polar surface area (TPSA) is 102 Å². The van der Waals surface area contributed by atoms with Gasteiger partial charge in [0.05, 0.1) is 25.5 Å². The van der Waals surface area contributed by atoms with Gasteiger partial charge in [0.2, 0.25) is 0 Å². The quantitative estimate of drug-likeness (QED) is 0.255. The van der Waals surface area contributed by atoms with Gasteiger partial charge >= 0.3 is 5.97 Å². The van der Waals surface area contributed by atoms with Crippen LogP contribution in [0.5, 0.6) is 11.5 Å². The molecule has 0 atom stereocenters. The number of nitriles is 1. The first-order valence-electron chi connectivity index (χ1n) is 9.08. The van der Waals surface area contributed by atoms with Gasteiger partial charge in [-0.2, -0.15) is 5.26 Å². The summed E-state index contributed by atoms with van der Waals surface area (Å²) in [7, 11) is 1.42. The van der Waals surface area contributed by atoms with Crippen LogP contribution in [-0.2, 0) is 11.3 Å². The Balaban J connectivity index is 1.74. The highest BCUT2D eigenvalue weighted by atomic mass is 35.5. The summed E-state index contributed by atoms with van der Waals surface area (Å²) in [4.78, 5) is 24.6. The zero-order valence-electron chi connectivity index (χ0n) is 16.4. The van der Waals surface area contributed by atoms with Gasteiger partial charge < -0.3 is 19.2 Å². The first-order chi connectivity index (χ1) is 15.0. The molecular formula is C23H17ClN2O5. The lowest BCUT2D eigenvalue weighted by molar-refractivity contribution is -0.117. The molecule has 0 aliphatic carbocycles. The van der Waals surface area contributed by atoms with E-state index in [1.165, 1.54) is 25.5 Å². The molecule has 0 unspecified atom stereocenters.